The second-order valence-electron chi connectivity index (χ2n) is 9.85. The van der Waals surface area contributed by atoms with E-state index in [2.05, 4.69) is 30.6 Å². The van der Waals surface area contributed by atoms with E-state index in [1.807, 2.05) is 0 Å². The van der Waals surface area contributed by atoms with E-state index in [4.69, 9.17) is 9.47 Å². The van der Waals surface area contributed by atoms with Crippen LogP contribution in [0.3, 0.4) is 0 Å². The van der Waals surface area contributed by atoms with Gasteiger partial charge in [0.1, 0.15) is 28.3 Å². The molecule has 2 aromatic heterocycles. The maximum atomic E-state index is 15.2. The molecule has 1 atom stereocenters. The second kappa shape index (κ2) is 10.3. The summed E-state index contributed by atoms with van der Waals surface area (Å²) in [7, 11) is 1.41. The summed E-state index contributed by atoms with van der Waals surface area (Å²) in [4.78, 5) is 41.6. The highest BCUT2D eigenvalue weighted by molar-refractivity contribution is 6.05. The summed E-state index contributed by atoms with van der Waals surface area (Å²) in [6.07, 6.45) is -0.323. The molecule has 0 fully saturated rings. The number of amides is 2. The number of nitrogens with one attached hydrogen (secondary N) is 2. The summed E-state index contributed by atoms with van der Waals surface area (Å²) in [6.45, 7) is 6.26. The fourth-order valence-corrected chi connectivity index (χ4v) is 3.94. The van der Waals surface area contributed by atoms with Crippen molar-refractivity contribution in [3.63, 3.8) is 0 Å². The molecule has 0 spiro atoms. The molecule has 0 saturated heterocycles. The second-order valence-corrected chi connectivity index (χ2v) is 9.85. The molecule has 39 heavy (non-hydrogen) atoms. The number of hydrogen-bond acceptors (Lipinski definition) is 8. The van der Waals surface area contributed by atoms with Gasteiger partial charge in [-0.15, -0.1) is 0 Å². The Balaban J connectivity index is 1.70. The molecule has 0 unspecified atom stereocenters. The van der Waals surface area contributed by atoms with Gasteiger partial charge in [0.15, 0.2) is 11.7 Å². The molecule has 0 aliphatic carbocycles. The van der Waals surface area contributed by atoms with Crippen LogP contribution in [-0.2, 0) is 16.8 Å². The van der Waals surface area contributed by atoms with Crippen LogP contribution in [-0.4, -0.2) is 50.1 Å². The standard InChI is InChI=1S/C25H26F3N7O4/c1-24(2,3)39-23(37)33-20-21-31-10-17(19(27)28)35(21)12-25(4,34-20)14-8-13(6-7-15(14)26)32-22(36)16-9-30-18(38-5)11-29-16/h6-11,19H,12H2,1-5H3,(H,32,36)(H,33,34,37)/t25-/m0/s1. The molecule has 4 rings (SSSR count). The third-order valence-electron chi connectivity index (χ3n) is 5.64. The number of carbonyl (C=O) groups excluding carboxylic acids is 2. The van der Waals surface area contributed by atoms with Crippen molar-refractivity contribution in [2.45, 2.75) is 51.8 Å². The molecule has 1 aromatic carbocycles. The molecule has 14 heteroatoms. The monoisotopic (exact) mass is 545 g/mol. The highest BCUT2D eigenvalue weighted by Gasteiger charge is 2.39. The molecule has 2 N–H and O–H groups in total. The largest absolute Gasteiger partial charge is 0.480 e. The van der Waals surface area contributed by atoms with E-state index in [9.17, 15) is 18.4 Å². The highest BCUT2D eigenvalue weighted by Crippen LogP contribution is 2.37. The molecule has 2 amide bonds. The quantitative estimate of drug-likeness (QED) is 0.491. The van der Waals surface area contributed by atoms with Gasteiger partial charge in [-0.05, 0) is 45.9 Å². The zero-order chi connectivity index (χ0) is 28.5. The lowest BCUT2D eigenvalue weighted by Gasteiger charge is -2.33. The number of ether oxygens (including phenoxy) is 2. The smallest absolute Gasteiger partial charge is 0.413 e. The topological polar surface area (TPSA) is 133 Å². The number of nitrogens with zero attached hydrogens (tertiary/aromatic N) is 5. The summed E-state index contributed by atoms with van der Waals surface area (Å²) in [6, 6.07) is 3.78. The first-order chi connectivity index (χ1) is 18.3. The number of hydrogen-bond donors (Lipinski definition) is 2. The lowest BCUT2D eigenvalue weighted by Crippen LogP contribution is -2.44. The average Bonchev–Trinajstić information content (AvgIpc) is 3.28. The highest BCUT2D eigenvalue weighted by atomic mass is 19.3. The van der Waals surface area contributed by atoms with E-state index >= 15 is 4.39 Å². The van der Waals surface area contributed by atoms with Gasteiger partial charge >= 0.3 is 6.09 Å². The number of halogens is 3. The van der Waals surface area contributed by atoms with Crippen LogP contribution < -0.4 is 15.4 Å². The van der Waals surface area contributed by atoms with Crippen LogP contribution >= 0.6 is 0 Å². The molecule has 206 valence electrons. The number of methoxy groups -OCH3 is 1. The van der Waals surface area contributed by atoms with Gasteiger partial charge in [0.25, 0.3) is 12.3 Å². The Morgan fingerprint density at radius 1 is 1.10 bits per heavy atom. The SMILES string of the molecule is COc1cnc(C(=O)Nc2ccc(F)c([C@]3(C)Cn4c(C(F)F)cnc4C(NC(=O)OC(C)(C)C)=N3)c2)cn1. The van der Waals surface area contributed by atoms with Crippen molar-refractivity contribution in [2.24, 2.45) is 4.99 Å². The molecule has 3 aromatic rings. The number of alkyl halides is 2. The van der Waals surface area contributed by atoms with Gasteiger partial charge in [-0.2, -0.15) is 0 Å². The van der Waals surface area contributed by atoms with Gasteiger partial charge < -0.3 is 19.4 Å². The summed E-state index contributed by atoms with van der Waals surface area (Å²) >= 11 is 0. The zero-order valence-corrected chi connectivity index (χ0v) is 21.8. The van der Waals surface area contributed by atoms with Crippen LogP contribution in [0.5, 0.6) is 5.88 Å². The Kier molecular flexibility index (Phi) is 7.31. The first-order valence-corrected chi connectivity index (χ1v) is 11.7. The molecule has 0 saturated carbocycles. The van der Waals surface area contributed by atoms with E-state index in [0.717, 1.165) is 12.3 Å². The lowest BCUT2D eigenvalue weighted by molar-refractivity contribution is 0.0562. The number of rotatable bonds is 5. The van der Waals surface area contributed by atoms with Crippen LogP contribution in [0.1, 0.15) is 61.7 Å². The minimum Gasteiger partial charge on any atom is -0.480 e. The number of fused-ring (bicyclic) bond motifs is 1. The Morgan fingerprint density at radius 3 is 2.46 bits per heavy atom. The Hall–Kier alpha value is -4.49. The number of benzene rings is 1. The summed E-state index contributed by atoms with van der Waals surface area (Å²) in [5.41, 5.74) is -2.62. The van der Waals surface area contributed by atoms with Crippen molar-refractivity contribution in [2.75, 3.05) is 12.4 Å². The van der Waals surface area contributed by atoms with Crippen LogP contribution in [0.15, 0.2) is 41.8 Å². The van der Waals surface area contributed by atoms with Gasteiger partial charge in [-0.3, -0.25) is 15.1 Å². The predicted molar refractivity (Wildman–Crippen MR) is 133 cm³/mol. The fraction of sp³-hybridized carbons (Fsp3) is 0.360. The molecule has 11 nitrogen and oxygen atoms in total. The number of anilines is 1. The van der Waals surface area contributed by atoms with Gasteiger partial charge in [-0.25, -0.2) is 32.9 Å². The Bertz CT molecular complexity index is 1430. The molecule has 3 heterocycles. The first-order valence-electron chi connectivity index (χ1n) is 11.7. The lowest BCUT2D eigenvalue weighted by atomic mass is 9.90. The molecule has 0 radical (unpaired) electrons. The molecule has 1 aliphatic rings. The number of imidazole rings is 1. The molecule has 1 aliphatic heterocycles. The fourth-order valence-electron chi connectivity index (χ4n) is 3.94. The minimum atomic E-state index is -2.89. The van der Waals surface area contributed by atoms with Gasteiger partial charge in [-0.1, -0.05) is 0 Å². The first kappa shape index (κ1) is 27.5. The van der Waals surface area contributed by atoms with E-state index < -0.39 is 41.1 Å². The van der Waals surface area contributed by atoms with Crippen molar-refractivity contribution in [1.82, 2.24) is 24.8 Å². The average molecular weight is 546 g/mol. The van der Waals surface area contributed by atoms with Gasteiger partial charge in [0.2, 0.25) is 5.88 Å². The Labute approximate surface area is 221 Å². The number of amidine groups is 1. The number of aliphatic imine (C=N–C) groups is 1. The zero-order valence-electron chi connectivity index (χ0n) is 21.8. The van der Waals surface area contributed by atoms with Crippen molar-refractivity contribution in [3.8, 4) is 5.88 Å². The van der Waals surface area contributed by atoms with Crippen LogP contribution in [0.2, 0.25) is 0 Å². The van der Waals surface area contributed by atoms with E-state index in [1.165, 1.54) is 43.1 Å². The summed E-state index contributed by atoms with van der Waals surface area (Å²) in [5.74, 6) is -1.31. The molecule has 0 bridgehead atoms. The van der Waals surface area contributed by atoms with E-state index in [0.29, 0.717) is 0 Å². The van der Waals surface area contributed by atoms with Crippen molar-refractivity contribution in [3.05, 3.63) is 65.4 Å². The van der Waals surface area contributed by atoms with Gasteiger partial charge in [0, 0.05) is 11.3 Å². The number of alkyl carbamates (subject to hydrolysis) is 1. The Morgan fingerprint density at radius 2 is 1.85 bits per heavy atom. The number of aromatic nitrogens is 4. The van der Waals surface area contributed by atoms with Crippen LogP contribution in [0.4, 0.5) is 23.7 Å². The summed E-state index contributed by atoms with van der Waals surface area (Å²) < 4.78 is 54.2. The van der Waals surface area contributed by atoms with E-state index in [1.54, 1.807) is 20.8 Å². The summed E-state index contributed by atoms with van der Waals surface area (Å²) in [5, 5.41) is 5.06. The maximum Gasteiger partial charge on any atom is 0.413 e. The minimum absolute atomic E-state index is 0.0166. The van der Waals surface area contributed by atoms with Gasteiger partial charge in [0.05, 0.1) is 32.2 Å². The van der Waals surface area contributed by atoms with Crippen LogP contribution in [0, 0.1) is 5.82 Å². The number of carbonyl (C=O) groups is 2. The van der Waals surface area contributed by atoms with Crippen molar-refractivity contribution >= 4 is 23.5 Å². The van der Waals surface area contributed by atoms with Crippen LogP contribution in [0.25, 0.3) is 0 Å². The van der Waals surface area contributed by atoms with E-state index in [-0.39, 0.29) is 41.0 Å². The predicted octanol–water partition coefficient (Wildman–Crippen LogP) is 4.21. The van der Waals surface area contributed by atoms with Crippen molar-refractivity contribution in [1.29, 1.82) is 0 Å². The maximum absolute atomic E-state index is 15.2. The van der Waals surface area contributed by atoms with Crippen molar-refractivity contribution < 1.29 is 32.2 Å². The normalized spacial score (nSPS) is 16.8. The third kappa shape index (κ3) is 5.99. The molecular formula is C25H26F3N7O4. The third-order valence-corrected chi connectivity index (χ3v) is 5.64. The molecular weight excluding hydrogens is 519 g/mol.